The molecule has 1 aliphatic heterocycles. The normalized spacial score (nSPS) is 15.3. The number of guanidine groups is 1. The number of piperidine rings is 1. The van der Waals surface area contributed by atoms with Crippen LogP contribution in [-0.4, -0.2) is 54.9 Å². The number of amides is 1. The molecule has 1 N–H and O–H groups in total. The summed E-state index contributed by atoms with van der Waals surface area (Å²) in [6.07, 6.45) is 3.45. The van der Waals surface area contributed by atoms with Gasteiger partial charge < -0.3 is 15.1 Å². The van der Waals surface area contributed by atoms with Crippen molar-refractivity contribution in [2.45, 2.75) is 32.7 Å². The predicted octanol–water partition coefficient (Wildman–Crippen LogP) is 2.86. The Kier molecular flexibility index (Phi) is 7.56. The van der Waals surface area contributed by atoms with E-state index in [2.05, 4.69) is 43.3 Å². The van der Waals surface area contributed by atoms with E-state index in [9.17, 15) is 4.79 Å². The van der Waals surface area contributed by atoms with Crippen molar-refractivity contribution in [1.82, 2.24) is 15.1 Å². The average Bonchev–Trinajstić information content (AvgIpc) is 2.61. The van der Waals surface area contributed by atoms with Gasteiger partial charge in [0.2, 0.25) is 5.91 Å². The van der Waals surface area contributed by atoms with Crippen molar-refractivity contribution in [1.29, 1.82) is 0 Å². The molecule has 0 aliphatic carbocycles. The Morgan fingerprint density at radius 1 is 1.25 bits per heavy atom. The molecule has 0 atom stereocenters. The minimum atomic E-state index is 0.127. The van der Waals surface area contributed by atoms with Gasteiger partial charge in [-0.1, -0.05) is 28.1 Å². The molecule has 0 radical (unpaired) electrons. The van der Waals surface area contributed by atoms with Crippen LogP contribution in [0.3, 0.4) is 0 Å². The van der Waals surface area contributed by atoms with Crippen LogP contribution in [0.25, 0.3) is 0 Å². The van der Waals surface area contributed by atoms with Gasteiger partial charge in [0, 0.05) is 37.7 Å². The van der Waals surface area contributed by atoms with Gasteiger partial charge >= 0.3 is 0 Å². The molecule has 0 spiro atoms. The minimum Gasteiger partial charge on any atom is -0.357 e. The van der Waals surface area contributed by atoms with Gasteiger partial charge in [0.15, 0.2) is 5.96 Å². The number of rotatable bonds is 5. The highest BCUT2D eigenvalue weighted by Gasteiger charge is 2.16. The highest BCUT2D eigenvalue weighted by molar-refractivity contribution is 9.10. The van der Waals surface area contributed by atoms with Crippen molar-refractivity contribution >= 4 is 27.8 Å². The Hall–Kier alpha value is -1.56. The number of aliphatic imine (C=N–C) groups is 1. The molecule has 1 fully saturated rings. The lowest BCUT2D eigenvalue weighted by Gasteiger charge is -2.27. The molecule has 1 aromatic carbocycles. The first kappa shape index (κ1) is 18.8. The van der Waals surface area contributed by atoms with Gasteiger partial charge in [0.05, 0.1) is 0 Å². The van der Waals surface area contributed by atoms with Crippen LogP contribution in [-0.2, 0) is 11.3 Å². The number of hydrogen-bond acceptors (Lipinski definition) is 2. The molecule has 5 nitrogen and oxygen atoms in total. The largest absolute Gasteiger partial charge is 0.357 e. The molecule has 1 heterocycles. The number of carbonyl (C=O) groups excluding carboxylic acids is 1. The summed E-state index contributed by atoms with van der Waals surface area (Å²) in [4.78, 5) is 20.8. The van der Waals surface area contributed by atoms with E-state index in [-0.39, 0.29) is 12.5 Å². The summed E-state index contributed by atoms with van der Waals surface area (Å²) in [7, 11) is 1.99. The van der Waals surface area contributed by atoms with Crippen LogP contribution in [0.5, 0.6) is 0 Å². The second kappa shape index (κ2) is 9.67. The summed E-state index contributed by atoms with van der Waals surface area (Å²) < 4.78 is 1.07. The Labute approximate surface area is 153 Å². The zero-order valence-electron chi connectivity index (χ0n) is 14.6. The van der Waals surface area contributed by atoms with Crippen molar-refractivity contribution in [2.24, 2.45) is 4.99 Å². The smallest absolute Gasteiger partial charge is 0.244 e. The molecule has 0 saturated carbocycles. The third kappa shape index (κ3) is 5.82. The lowest BCUT2D eigenvalue weighted by Crippen LogP contribution is -2.41. The van der Waals surface area contributed by atoms with Gasteiger partial charge in [-0.2, -0.15) is 0 Å². The summed E-state index contributed by atoms with van der Waals surface area (Å²) in [6, 6.07) is 8.24. The maximum Gasteiger partial charge on any atom is 0.244 e. The number of benzene rings is 1. The van der Waals surface area contributed by atoms with Crippen LogP contribution in [0.15, 0.2) is 33.7 Å². The van der Waals surface area contributed by atoms with Gasteiger partial charge in [-0.05, 0) is 43.9 Å². The van der Waals surface area contributed by atoms with Crippen LogP contribution < -0.4 is 5.32 Å². The number of hydrogen-bond donors (Lipinski definition) is 1. The van der Waals surface area contributed by atoms with Gasteiger partial charge in [-0.3, -0.25) is 4.79 Å². The molecule has 6 heteroatoms. The van der Waals surface area contributed by atoms with Crippen LogP contribution in [0, 0.1) is 0 Å². The molecular weight excluding hydrogens is 368 g/mol. The molecule has 2 rings (SSSR count). The van der Waals surface area contributed by atoms with Crippen molar-refractivity contribution < 1.29 is 4.79 Å². The zero-order chi connectivity index (χ0) is 17.4. The average molecular weight is 395 g/mol. The van der Waals surface area contributed by atoms with E-state index in [4.69, 9.17) is 0 Å². The van der Waals surface area contributed by atoms with E-state index in [1.807, 2.05) is 31.0 Å². The second-order valence-corrected chi connectivity index (χ2v) is 7.01. The quantitative estimate of drug-likeness (QED) is 0.616. The third-order valence-corrected chi connectivity index (χ3v) is 4.63. The summed E-state index contributed by atoms with van der Waals surface area (Å²) in [5.74, 6) is 0.896. The van der Waals surface area contributed by atoms with Crippen LogP contribution >= 0.6 is 15.9 Å². The third-order valence-electron chi connectivity index (χ3n) is 4.10. The summed E-state index contributed by atoms with van der Waals surface area (Å²) in [5.41, 5.74) is 1.20. The summed E-state index contributed by atoms with van der Waals surface area (Å²) >= 11 is 3.45. The first-order valence-electron chi connectivity index (χ1n) is 8.62. The first-order valence-corrected chi connectivity index (χ1v) is 9.41. The van der Waals surface area contributed by atoms with E-state index in [1.54, 1.807) is 0 Å². The van der Waals surface area contributed by atoms with Crippen LogP contribution in [0.1, 0.15) is 31.7 Å². The molecule has 1 aliphatic rings. The van der Waals surface area contributed by atoms with Gasteiger partial charge in [-0.25, -0.2) is 4.99 Å². The van der Waals surface area contributed by atoms with Crippen molar-refractivity contribution in [3.63, 3.8) is 0 Å². The van der Waals surface area contributed by atoms with E-state index in [0.717, 1.165) is 49.5 Å². The van der Waals surface area contributed by atoms with Crippen molar-refractivity contribution in [2.75, 3.05) is 33.2 Å². The summed E-state index contributed by atoms with van der Waals surface area (Å²) in [5, 5.41) is 3.27. The fraction of sp³-hybridized carbons (Fsp3) is 0.556. The Morgan fingerprint density at radius 2 is 1.92 bits per heavy atom. The van der Waals surface area contributed by atoms with E-state index in [0.29, 0.717) is 0 Å². The highest BCUT2D eigenvalue weighted by atomic mass is 79.9. The Balaban J connectivity index is 1.95. The molecule has 0 bridgehead atoms. The SMILES string of the molecule is CCNC(=NCC(=O)N1CCCCC1)N(C)Cc1ccc(Br)cc1. The maximum absolute atomic E-state index is 12.3. The monoisotopic (exact) mass is 394 g/mol. The number of nitrogens with zero attached hydrogens (tertiary/aromatic N) is 3. The molecular formula is C18H27BrN4O. The van der Waals surface area contributed by atoms with E-state index < -0.39 is 0 Å². The maximum atomic E-state index is 12.3. The lowest BCUT2D eigenvalue weighted by molar-refractivity contribution is -0.130. The van der Waals surface area contributed by atoms with Crippen LogP contribution in [0.4, 0.5) is 0 Å². The van der Waals surface area contributed by atoms with Gasteiger partial charge in [0.25, 0.3) is 0 Å². The van der Waals surface area contributed by atoms with Gasteiger partial charge in [0.1, 0.15) is 6.54 Å². The fourth-order valence-corrected chi connectivity index (χ4v) is 3.06. The van der Waals surface area contributed by atoms with Crippen molar-refractivity contribution in [3.05, 3.63) is 34.3 Å². The van der Waals surface area contributed by atoms with Crippen LogP contribution in [0.2, 0.25) is 0 Å². The van der Waals surface area contributed by atoms with E-state index >= 15 is 0 Å². The number of nitrogens with one attached hydrogen (secondary N) is 1. The summed E-state index contributed by atoms with van der Waals surface area (Å²) in [6.45, 7) is 5.53. The molecule has 0 aromatic heterocycles. The fourth-order valence-electron chi connectivity index (χ4n) is 2.79. The molecule has 24 heavy (non-hydrogen) atoms. The minimum absolute atomic E-state index is 0.127. The molecule has 1 saturated heterocycles. The van der Waals surface area contributed by atoms with E-state index in [1.165, 1.54) is 12.0 Å². The molecule has 0 unspecified atom stereocenters. The lowest BCUT2D eigenvalue weighted by atomic mass is 10.1. The highest BCUT2D eigenvalue weighted by Crippen LogP contribution is 2.12. The van der Waals surface area contributed by atoms with Crippen molar-refractivity contribution in [3.8, 4) is 0 Å². The molecule has 132 valence electrons. The predicted molar refractivity (Wildman–Crippen MR) is 102 cm³/mol. The second-order valence-electron chi connectivity index (χ2n) is 6.09. The molecule has 1 amide bonds. The van der Waals surface area contributed by atoms with Gasteiger partial charge in [-0.15, -0.1) is 0 Å². The molecule has 1 aromatic rings. The Morgan fingerprint density at radius 3 is 2.54 bits per heavy atom. The number of halogens is 1. The number of carbonyl (C=O) groups is 1. The standard InChI is InChI=1S/C18H27BrN4O/c1-3-20-18(21-13-17(24)23-11-5-4-6-12-23)22(2)14-15-7-9-16(19)10-8-15/h7-10H,3-6,11-14H2,1-2H3,(H,20,21). The Bertz CT molecular complexity index is 553. The number of likely N-dealkylation sites (tertiary alicyclic amines) is 1. The topological polar surface area (TPSA) is 47.9 Å². The zero-order valence-corrected chi connectivity index (χ0v) is 16.2. The first-order chi connectivity index (χ1) is 11.6.